The average molecular weight is 300 g/mol. The van der Waals surface area contributed by atoms with E-state index in [1.54, 1.807) is 0 Å². The van der Waals surface area contributed by atoms with Crippen molar-refractivity contribution >= 4 is 0 Å². The Bertz CT molecular complexity index is 701. The molecule has 3 aromatic rings. The fourth-order valence-electron chi connectivity index (χ4n) is 3.29. The minimum absolute atomic E-state index is 0.151. The zero-order valence-electron chi connectivity index (χ0n) is 13.8. The van der Waals surface area contributed by atoms with E-state index in [1.807, 2.05) is 0 Å². The summed E-state index contributed by atoms with van der Waals surface area (Å²) >= 11 is 0. The Morgan fingerprint density at radius 2 is 1.09 bits per heavy atom. The topological polar surface area (TPSA) is 0 Å². The molecular weight excluding hydrogens is 276 g/mol. The van der Waals surface area contributed by atoms with Crippen LogP contribution in [0, 0.1) is 0 Å². The number of aryl methyl sites for hydroxylation is 1. The molecule has 1 unspecified atom stereocenters. The first kappa shape index (κ1) is 15.6. The molecule has 0 spiro atoms. The molecule has 0 aliphatic rings. The van der Waals surface area contributed by atoms with Gasteiger partial charge in [-0.15, -0.1) is 0 Å². The van der Waals surface area contributed by atoms with Gasteiger partial charge in [0.25, 0.3) is 0 Å². The van der Waals surface area contributed by atoms with Gasteiger partial charge in [0.05, 0.1) is 0 Å². The second-order valence-electron chi connectivity index (χ2n) is 6.57. The van der Waals surface area contributed by atoms with E-state index in [1.165, 1.54) is 16.7 Å². The summed E-state index contributed by atoms with van der Waals surface area (Å²) in [6.45, 7) is 2.40. The molecule has 116 valence electrons. The molecule has 0 aliphatic heterocycles. The minimum Gasteiger partial charge on any atom is -0.0622 e. The first-order valence-corrected chi connectivity index (χ1v) is 8.40. The summed E-state index contributed by atoms with van der Waals surface area (Å²) in [5, 5.41) is 0. The molecule has 0 N–H and O–H groups in total. The summed E-state index contributed by atoms with van der Waals surface area (Å²) in [7, 11) is 0. The number of benzene rings is 3. The molecule has 0 radical (unpaired) electrons. The Kier molecular flexibility index (Phi) is 4.92. The van der Waals surface area contributed by atoms with Crippen LogP contribution in [0.3, 0.4) is 0 Å². The number of hydrogen-bond donors (Lipinski definition) is 0. The highest BCUT2D eigenvalue weighted by Crippen LogP contribution is 2.33. The predicted octanol–water partition coefficient (Wildman–Crippen LogP) is 5.82. The molecule has 1 atom stereocenters. The van der Waals surface area contributed by atoms with Crippen molar-refractivity contribution in [1.29, 1.82) is 0 Å². The van der Waals surface area contributed by atoms with Crippen LogP contribution in [0.25, 0.3) is 0 Å². The van der Waals surface area contributed by atoms with Crippen LogP contribution in [0.2, 0.25) is 0 Å². The van der Waals surface area contributed by atoms with Gasteiger partial charge in [-0.05, 0) is 41.4 Å². The van der Waals surface area contributed by atoms with Gasteiger partial charge in [0.1, 0.15) is 0 Å². The minimum atomic E-state index is 0.151. The van der Waals surface area contributed by atoms with E-state index in [0.717, 1.165) is 19.3 Å². The first-order valence-electron chi connectivity index (χ1n) is 8.40. The van der Waals surface area contributed by atoms with Gasteiger partial charge in [0.2, 0.25) is 0 Å². The fourth-order valence-corrected chi connectivity index (χ4v) is 3.29. The molecule has 0 saturated carbocycles. The van der Waals surface area contributed by atoms with Gasteiger partial charge in [0.15, 0.2) is 0 Å². The molecular formula is C23H24. The highest BCUT2D eigenvalue weighted by molar-refractivity contribution is 5.29. The Morgan fingerprint density at radius 3 is 1.65 bits per heavy atom. The van der Waals surface area contributed by atoms with E-state index in [-0.39, 0.29) is 5.41 Å². The highest BCUT2D eigenvalue weighted by atomic mass is 14.3. The SMILES string of the molecule is CC(CCc1ccccc1)(Cc1ccccc1)c1ccccc1. The molecule has 3 aromatic carbocycles. The summed E-state index contributed by atoms with van der Waals surface area (Å²) < 4.78 is 0. The third-order valence-corrected chi connectivity index (χ3v) is 4.72. The molecule has 0 saturated heterocycles. The van der Waals surface area contributed by atoms with Crippen molar-refractivity contribution in [2.24, 2.45) is 0 Å². The van der Waals surface area contributed by atoms with Gasteiger partial charge >= 0.3 is 0 Å². The van der Waals surface area contributed by atoms with Gasteiger partial charge in [-0.1, -0.05) is 97.9 Å². The van der Waals surface area contributed by atoms with Crippen LogP contribution < -0.4 is 0 Å². The van der Waals surface area contributed by atoms with Crippen LogP contribution in [0.5, 0.6) is 0 Å². The summed E-state index contributed by atoms with van der Waals surface area (Å²) in [6, 6.07) is 32.6. The monoisotopic (exact) mass is 300 g/mol. The van der Waals surface area contributed by atoms with Gasteiger partial charge in [-0.25, -0.2) is 0 Å². The number of hydrogen-bond acceptors (Lipinski definition) is 0. The Balaban J connectivity index is 1.84. The Hall–Kier alpha value is -2.34. The summed E-state index contributed by atoms with van der Waals surface area (Å²) in [4.78, 5) is 0. The van der Waals surface area contributed by atoms with Crippen LogP contribution in [0.4, 0.5) is 0 Å². The maximum absolute atomic E-state index is 2.40. The summed E-state index contributed by atoms with van der Waals surface area (Å²) in [6.07, 6.45) is 3.33. The van der Waals surface area contributed by atoms with Gasteiger partial charge < -0.3 is 0 Å². The maximum atomic E-state index is 2.40. The molecule has 3 rings (SSSR count). The lowest BCUT2D eigenvalue weighted by atomic mass is 9.73. The quantitative estimate of drug-likeness (QED) is 0.538. The van der Waals surface area contributed by atoms with E-state index >= 15 is 0 Å². The predicted molar refractivity (Wildman–Crippen MR) is 98.7 cm³/mol. The molecule has 0 heteroatoms. The average Bonchev–Trinajstić information content (AvgIpc) is 2.63. The van der Waals surface area contributed by atoms with Crippen LogP contribution in [0.15, 0.2) is 91.0 Å². The third kappa shape index (κ3) is 4.10. The molecule has 0 nitrogen and oxygen atoms in total. The first-order chi connectivity index (χ1) is 11.3. The summed E-state index contributed by atoms with van der Waals surface area (Å²) in [5.74, 6) is 0. The van der Waals surface area contributed by atoms with Crippen molar-refractivity contribution in [2.75, 3.05) is 0 Å². The van der Waals surface area contributed by atoms with Crippen molar-refractivity contribution in [3.8, 4) is 0 Å². The molecule has 0 heterocycles. The second kappa shape index (κ2) is 7.28. The molecule has 0 aliphatic carbocycles. The van der Waals surface area contributed by atoms with E-state index in [9.17, 15) is 0 Å². The van der Waals surface area contributed by atoms with Crippen molar-refractivity contribution in [3.05, 3.63) is 108 Å². The largest absolute Gasteiger partial charge is 0.0622 e. The smallest absolute Gasteiger partial charge is 0.00318 e. The van der Waals surface area contributed by atoms with Crippen LogP contribution in [-0.4, -0.2) is 0 Å². The second-order valence-corrected chi connectivity index (χ2v) is 6.57. The van der Waals surface area contributed by atoms with Crippen molar-refractivity contribution in [2.45, 2.75) is 31.6 Å². The molecule has 0 amide bonds. The van der Waals surface area contributed by atoms with Crippen LogP contribution in [0.1, 0.15) is 30.0 Å². The molecule has 23 heavy (non-hydrogen) atoms. The third-order valence-electron chi connectivity index (χ3n) is 4.72. The lowest BCUT2D eigenvalue weighted by molar-refractivity contribution is 0.431. The Morgan fingerprint density at radius 1 is 0.609 bits per heavy atom. The molecule has 0 fully saturated rings. The van der Waals surface area contributed by atoms with Gasteiger partial charge in [0, 0.05) is 0 Å². The van der Waals surface area contributed by atoms with E-state index in [4.69, 9.17) is 0 Å². The van der Waals surface area contributed by atoms with Crippen molar-refractivity contribution < 1.29 is 0 Å². The Labute approximate surface area is 139 Å². The van der Waals surface area contributed by atoms with Gasteiger partial charge in [-0.2, -0.15) is 0 Å². The number of rotatable bonds is 6. The van der Waals surface area contributed by atoms with Crippen molar-refractivity contribution in [3.63, 3.8) is 0 Å². The lowest BCUT2D eigenvalue weighted by Gasteiger charge is -2.31. The van der Waals surface area contributed by atoms with E-state index in [0.29, 0.717) is 0 Å². The highest BCUT2D eigenvalue weighted by Gasteiger charge is 2.26. The van der Waals surface area contributed by atoms with Crippen molar-refractivity contribution in [1.82, 2.24) is 0 Å². The normalized spacial score (nSPS) is 13.4. The lowest BCUT2D eigenvalue weighted by Crippen LogP contribution is -2.26. The zero-order valence-corrected chi connectivity index (χ0v) is 13.8. The molecule has 0 bridgehead atoms. The molecule has 0 aromatic heterocycles. The summed E-state index contributed by atoms with van der Waals surface area (Å²) in [5.41, 5.74) is 4.41. The fraction of sp³-hybridized carbons (Fsp3) is 0.217. The van der Waals surface area contributed by atoms with E-state index < -0.39 is 0 Å². The van der Waals surface area contributed by atoms with E-state index in [2.05, 4.69) is 97.9 Å². The maximum Gasteiger partial charge on any atom is -0.00318 e. The zero-order chi connectivity index (χ0) is 16.0. The standard InChI is InChI=1S/C23H24/c1-23(22-15-9-4-10-16-22,19-21-13-7-3-8-14-21)18-17-20-11-5-2-6-12-20/h2-16H,17-19H2,1H3. The van der Waals surface area contributed by atoms with Crippen LogP contribution >= 0.6 is 0 Å². The van der Waals surface area contributed by atoms with Gasteiger partial charge in [-0.3, -0.25) is 0 Å². The van der Waals surface area contributed by atoms with Crippen LogP contribution in [-0.2, 0) is 18.3 Å².